The molecule has 1 N–H and O–H groups in total. The Bertz CT molecular complexity index is 1650. The molecule has 3 aromatic rings. The highest BCUT2D eigenvalue weighted by Gasteiger charge is 2.58. The number of methoxy groups -OCH3 is 2. The molecule has 9 nitrogen and oxygen atoms in total. The Balaban J connectivity index is 1.59. The van der Waals surface area contributed by atoms with Crippen LogP contribution in [0.5, 0.6) is 5.75 Å². The molecule has 1 saturated carbocycles. The number of hydrogen-bond acceptors (Lipinski definition) is 7. The molecule has 1 atom stereocenters. The predicted molar refractivity (Wildman–Crippen MR) is 166 cm³/mol. The molecular weight excluding hydrogens is 584 g/mol. The number of alkyl halides is 2. The predicted octanol–water partition coefficient (Wildman–Crippen LogP) is 7.24. The fourth-order valence-electron chi connectivity index (χ4n) is 7.00. The Morgan fingerprint density at radius 2 is 1.80 bits per heavy atom. The largest absolute Gasteiger partial charge is 0.496 e. The summed E-state index contributed by atoms with van der Waals surface area (Å²) in [5, 5.41) is 3.66. The highest BCUT2D eigenvalue weighted by Crippen LogP contribution is 2.61. The second kappa shape index (κ2) is 11.7. The number of ether oxygens (including phenoxy) is 3. The van der Waals surface area contributed by atoms with Crippen molar-refractivity contribution in [3.05, 3.63) is 58.8 Å². The van der Waals surface area contributed by atoms with Gasteiger partial charge in [0.05, 0.1) is 25.3 Å². The number of nitrogens with one attached hydrogen (secondary N) is 1. The first kappa shape index (κ1) is 32.4. The number of piperidine rings is 1. The smallest absolute Gasteiger partial charge is 0.419 e. The molecule has 5 rings (SSSR count). The number of nitrogens with zero attached hydrogens (tertiary/aromatic N) is 2. The van der Waals surface area contributed by atoms with Gasteiger partial charge in [-0.05, 0) is 87.9 Å². The first-order valence-corrected chi connectivity index (χ1v) is 15.1. The molecule has 1 unspecified atom stereocenters. The number of likely N-dealkylation sites (tertiary alicyclic amines) is 1. The molecule has 1 amide bonds. The third-order valence-electron chi connectivity index (χ3n) is 8.81. The number of hydrogen-bond donors (Lipinski definition) is 1. The molecule has 2 aromatic carbocycles. The van der Waals surface area contributed by atoms with E-state index in [4.69, 9.17) is 14.2 Å². The second-order valence-corrected chi connectivity index (χ2v) is 13.4. The van der Waals surface area contributed by atoms with E-state index in [0.29, 0.717) is 42.9 Å². The van der Waals surface area contributed by atoms with Crippen molar-refractivity contribution in [1.82, 2.24) is 9.47 Å². The van der Waals surface area contributed by atoms with Crippen molar-refractivity contribution in [3.8, 4) is 5.75 Å². The molecule has 11 heteroatoms. The molecule has 1 aromatic heterocycles. The summed E-state index contributed by atoms with van der Waals surface area (Å²) in [7, 11) is 2.87. The lowest BCUT2D eigenvalue weighted by Crippen LogP contribution is -2.53. The minimum Gasteiger partial charge on any atom is -0.496 e. The van der Waals surface area contributed by atoms with Gasteiger partial charge in [-0.2, -0.15) is 0 Å². The van der Waals surface area contributed by atoms with E-state index in [1.165, 1.54) is 18.6 Å². The Morgan fingerprint density at radius 1 is 1.09 bits per heavy atom. The number of aromatic nitrogens is 1. The Labute approximate surface area is 261 Å². The highest BCUT2D eigenvalue weighted by atomic mass is 19.3. The van der Waals surface area contributed by atoms with E-state index in [1.54, 1.807) is 31.5 Å². The van der Waals surface area contributed by atoms with Crippen molar-refractivity contribution in [2.45, 2.75) is 84.4 Å². The Hall–Kier alpha value is -3.99. The summed E-state index contributed by atoms with van der Waals surface area (Å²) in [6.45, 7) is 9.62. The maximum absolute atomic E-state index is 14.3. The zero-order chi connectivity index (χ0) is 32.9. The summed E-state index contributed by atoms with van der Waals surface area (Å²) in [5.41, 5.74) is 2.58. The van der Waals surface area contributed by atoms with Crippen LogP contribution in [0, 0.1) is 12.3 Å². The van der Waals surface area contributed by atoms with E-state index in [0.717, 1.165) is 22.1 Å². The topological polar surface area (TPSA) is 99.1 Å². The average Bonchev–Trinajstić information content (AvgIpc) is 3.39. The fraction of sp³-hybridized carbons (Fsp3) is 0.500. The van der Waals surface area contributed by atoms with Gasteiger partial charge < -0.3 is 19.5 Å². The summed E-state index contributed by atoms with van der Waals surface area (Å²) >= 11 is 0. The third kappa shape index (κ3) is 6.54. The van der Waals surface area contributed by atoms with Crippen LogP contribution in [0.25, 0.3) is 10.9 Å². The maximum atomic E-state index is 14.3. The summed E-state index contributed by atoms with van der Waals surface area (Å²) in [6.07, 6.45) is 1.86. The molecule has 1 aliphatic heterocycles. The SMILES string of the molecule is COC(=O)c1ccc(C2CC3(CCN2Cc2c(OC)cc(C)c4c2ccn4C(=O)OC(C)(C)C)CC(F)(F)C3)c(NC(C)=O)c1. The van der Waals surface area contributed by atoms with Crippen LogP contribution in [0.1, 0.15) is 86.5 Å². The number of fused-ring (bicyclic) bond motifs is 1. The monoisotopic (exact) mass is 625 g/mol. The molecule has 0 bridgehead atoms. The molecule has 45 heavy (non-hydrogen) atoms. The number of esters is 1. The van der Waals surface area contributed by atoms with Crippen molar-refractivity contribution < 1.29 is 37.4 Å². The number of amides is 1. The molecule has 2 aliphatic rings. The first-order chi connectivity index (χ1) is 21.0. The van der Waals surface area contributed by atoms with Gasteiger partial charge in [-0.25, -0.2) is 18.4 Å². The zero-order valence-corrected chi connectivity index (χ0v) is 26.9. The van der Waals surface area contributed by atoms with Gasteiger partial charge in [0.1, 0.15) is 11.4 Å². The Kier molecular flexibility index (Phi) is 8.46. The molecule has 1 saturated heterocycles. The lowest BCUT2D eigenvalue weighted by Gasteiger charge is -2.55. The molecule has 1 spiro atoms. The van der Waals surface area contributed by atoms with Crippen molar-refractivity contribution in [3.63, 3.8) is 0 Å². The molecule has 1 aliphatic carbocycles. The summed E-state index contributed by atoms with van der Waals surface area (Å²) in [4.78, 5) is 39.9. The van der Waals surface area contributed by atoms with Crippen molar-refractivity contribution in [2.75, 3.05) is 26.1 Å². The van der Waals surface area contributed by atoms with Crippen LogP contribution < -0.4 is 10.1 Å². The van der Waals surface area contributed by atoms with E-state index in [9.17, 15) is 23.2 Å². The summed E-state index contributed by atoms with van der Waals surface area (Å²) in [6, 6.07) is 8.36. The van der Waals surface area contributed by atoms with Gasteiger partial charge in [0.25, 0.3) is 0 Å². The number of halogens is 2. The lowest BCUT2D eigenvalue weighted by molar-refractivity contribution is -0.186. The first-order valence-electron chi connectivity index (χ1n) is 15.1. The van der Waals surface area contributed by atoms with E-state index in [1.807, 2.05) is 39.8 Å². The number of aryl methyl sites for hydroxylation is 1. The number of benzene rings is 2. The average molecular weight is 626 g/mol. The van der Waals surface area contributed by atoms with Gasteiger partial charge in [-0.15, -0.1) is 0 Å². The lowest BCUT2D eigenvalue weighted by atomic mass is 9.58. The van der Waals surface area contributed by atoms with Crippen LogP contribution in [-0.2, 0) is 20.8 Å². The van der Waals surface area contributed by atoms with Gasteiger partial charge in [0.15, 0.2) is 0 Å². The molecule has 2 heterocycles. The zero-order valence-electron chi connectivity index (χ0n) is 26.9. The van der Waals surface area contributed by atoms with Crippen LogP contribution in [0.3, 0.4) is 0 Å². The van der Waals surface area contributed by atoms with Gasteiger partial charge >= 0.3 is 12.1 Å². The summed E-state index contributed by atoms with van der Waals surface area (Å²) < 4.78 is 46.4. The van der Waals surface area contributed by atoms with E-state index < -0.39 is 29.0 Å². The fourth-order valence-corrected chi connectivity index (χ4v) is 7.00. The van der Waals surface area contributed by atoms with Crippen LogP contribution in [0.2, 0.25) is 0 Å². The van der Waals surface area contributed by atoms with Crippen LogP contribution >= 0.6 is 0 Å². The van der Waals surface area contributed by atoms with Crippen molar-refractivity contribution in [2.24, 2.45) is 5.41 Å². The molecule has 242 valence electrons. The second-order valence-electron chi connectivity index (χ2n) is 13.4. The Morgan fingerprint density at radius 3 is 2.40 bits per heavy atom. The quantitative estimate of drug-likeness (QED) is 0.288. The maximum Gasteiger partial charge on any atom is 0.419 e. The van der Waals surface area contributed by atoms with Gasteiger partial charge in [-0.1, -0.05) is 6.07 Å². The highest BCUT2D eigenvalue weighted by molar-refractivity contribution is 5.96. The number of anilines is 1. The minimum absolute atomic E-state index is 0.184. The third-order valence-corrected chi connectivity index (χ3v) is 8.81. The minimum atomic E-state index is -2.70. The van der Waals surface area contributed by atoms with Gasteiger partial charge in [-0.3, -0.25) is 14.3 Å². The molecule has 0 radical (unpaired) electrons. The number of carbonyl (C=O) groups is 3. The van der Waals surface area contributed by atoms with Crippen molar-refractivity contribution >= 4 is 34.6 Å². The van der Waals surface area contributed by atoms with Crippen LogP contribution in [0.15, 0.2) is 36.5 Å². The standard InChI is InChI=1S/C34H41F2N3O6/c1-20-14-28(43-6)25(23-10-12-39(29(20)23)31(42)45-32(3,4)5)17-38-13-11-33(18-34(35,36)19-33)16-27(38)24-9-8-22(30(41)44-7)15-26(24)37-21(2)40/h8-10,12,14-15,27H,11,13,16-19H2,1-7H3,(H,37,40). The van der Waals surface area contributed by atoms with E-state index in [-0.39, 0.29) is 30.4 Å². The van der Waals surface area contributed by atoms with Gasteiger partial charge in [0.2, 0.25) is 11.8 Å². The number of rotatable bonds is 6. The van der Waals surface area contributed by atoms with Crippen LogP contribution in [0.4, 0.5) is 19.3 Å². The van der Waals surface area contributed by atoms with Gasteiger partial charge in [0, 0.05) is 55.2 Å². The normalized spacial score (nSPS) is 19.2. The van der Waals surface area contributed by atoms with Crippen molar-refractivity contribution in [1.29, 1.82) is 0 Å². The van der Waals surface area contributed by atoms with E-state index in [2.05, 4.69) is 10.2 Å². The van der Waals surface area contributed by atoms with E-state index >= 15 is 0 Å². The molecule has 2 fully saturated rings. The summed E-state index contributed by atoms with van der Waals surface area (Å²) in [5.74, 6) is -2.93. The van der Waals surface area contributed by atoms with Crippen LogP contribution in [-0.4, -0.2) is 59.7 Å². The molecular formula is C34H41F2N3O6. The number of carbonyl (C=O) groups excluding carboxylic acids is 3.